The minimum Gasteiger partial charge on any atom is -0.433 e. The lowest BCUT2D eigenvalue weighted by Crippen LogP contribution is -2.00. The van der Waals surface area contributed by atoms with Gasteiger partial charge in [-0.05, 0) is 12.1 Å². The van der Waals surface area contributed by atoms with E-state index in [9.17, 15) is 8.78 Å². The van der Waals surface area contributed by atoms with E-state index in [1.807, 2.05) is 0 Å². The van der Waals surface area contributed by atoms with Crippen molar-refractivity contribution >= 4 is 11.5 Å². The summed E-state index contributed by atoms with van der Waals surface area (Å²) in [6.07, 6.45) is 5.01. The largest absolute Gasteiger partial charge is 0.433 e. The van der Waals surface area contributed by atoms with Crippen LogP contribution in [0.4, 0.5) is 14.6 Å². The maximum absolute atomic E-state index is 13.6. The summed E-state index contributed by atoms with van der Waals surface area (Å²) >= 11 is 0. The molecule has 1 N–H and O–H groups in total. The lowest BCUT2D eigenvalue weighted by molar-refractivity contribution is 0.426. The second kappa shape index (κ2) is 4.76. The molecule has 0 amide bonds. The van der Waals surface area contributed by atoms with Gasteiger partial charge in [-0.1, -0.05) is 0 Å². The predicted molar refractivity (Wildman–Crippen MR) is 69.0 cm³/mol. The van der Waals surface area contributed by atoms with Crippen molar-refractivity contribution in [1.82, 2.24) is 14.4 Å². The van der Waals surface area contributed by atoms with Gasteiger partial charge in [0.05, 0.1) is 6.20 Å². The summed E-state index contributed by atoms with van der Waals surface area (Å²) in [5, 5.41) is 2.87. The van der Waals surface area contributed by atoms with Crippen LogP contribution in [0.1, 0.15) is 0 Å². The van der Waals surface area contributed by atoms with Gasteiger partial charge in [0.1, 0.15) is 11.6 Å². The third-order valence-corrected chi connectivity index (χ3v) is 2.70. The van der Waals surface area contributed by atoms with E-state index in [0.29, 0.717) is 11.5 Å². The number of fused-ring (bicyclic) bond motifs is 1. The zero-order chi connectivity index (χ0) is 14.1. The van der Waals surface area contributed by atoms with Crippen molar-refractivity contribution in [3.05, 3.63) is 48.4 Å². The molecule has 2 aromatic heterocycles. The molecule has 0 atom stereocenters. The van der Waals surface area contributed by atoms with Crippen molar-refractivity contribution in [1.29, 1.82) is 0 Å². The average Bonchev–Trinajstić information content (AvgIpc) is 2.90. The number of aromatic nitrogens is 3. The Morgan fingerprint density at radius 1 is 1.30 bits per heavy atom. The number of benzene rings is 1. The van der Waals surface area contributed by atoms with Crippen molar-refractivity contribution in [3.63, 3.8) is 0 Å². The molecule has 102 valence electrons. The molecule has 0 spiro atoms. The van der Waals surface area contributed by atoms with Crippen molar-refractivity contribution in [2.45, 2.75) is 0 Å². The van der Waals surface area contributed by atoms with E-state index in [1.165, 1.54) is 6.07 Å². The Morgan fingerprint density at radius 2 is 2.15 bits per heavy atom. The van der Waals surface area contributed by atoms with Crippen LogP contribution in [0.5, 0.6) is 11.6 Å². The molecule has 1 aromatic carbocycles. The quantitative estimate of drug-likeness (QED) is 0.799. The summed E-state index contributed by atoms with van der Waals surface area (Å²) in [6, 6.07) is 3.07. The van der Waals surface area contributed by atoms with Crippen LogP contribution in [0.15, 0.2) is 36.8 Å². The zero-order valence-corrected chi connectivity index (χ0v) is 10.5. The van der Waals surface area contributed by atoms with Gasteiger partial charge in [0.15, 0.2) is 11.6 Å². The summed E-state index contributed by atoms with van der Waals surface area (Å²) in [5.41, 5.74) is 0.438. The van der Waals surface area contributed by atoms with Crippen LogP contribution in [0.2, 0.25) is 0 Å². The normalized spacial score (nSPS) is 10.8. The lowest BCUT2D eigenvalue weighted by Gasteiger charge is -2.09. The Morgan fingerprint density at radius 3 is 2.90 bits per heavy atom. The number of hydrogen-bond acceptors (Lipinski definition) is 4. The lowest BCUT2D eigenvalue weighted by atomic mass is 10.3. The molecule has 0 aliphatic carbocycles. The minimum atomic E-state index is -0.800. The topological polar surface area (TPSA) is 51.5 Å². The van der Waals surface area contributed by atoms with Gasteiger partial charge >= 0.3 is 0 Å². The maximum Gasteiger partial charge on any atom is 0.265 e. The average molecular weight is 276 g/mol. The second-order valence-corrected chi connectivity index (χ2v) is 4.02. The molecule has 3 rings (SSSR count). The van der Waals surface area contributed by atoms with Gasteiger partial charge in [0, 0.05) is 25.5 Å². The van der Waals surface area contributed by atoms with Crippen molar-refractivity contribution in [2.75, 3.05) is 12.4 Å². The number of halogens is 2. The summed E-state index contributed by atoms with van der Waals surface area (Å²) in [5.74, 6) is -0.915. The molecule has 7 heteroatoms. The van der Waals surface area contributed by atoms with Crippen LogP contribution < -0.4 is 10.1 Å². The second-order valence-electron chi connectivity index (χ2n) is 4.02. The van der Waals surface area contributed by atoms with Crippen LogP contribution in [-0.4, -0.2) is 21.4 Å². The third kappa shape index (κ3) is 2.13. The van der Waals surface area contributed by atoms with Gasteiger partial charge in [-0.15, -0.1) is 0 Å². The van der Waals surface area contributed by atoms with E-state index in [0.717, 1.165) is 12.1 Å². The van der Waals surface area contributed by atoms with Gasteiger partial charge in [-0.2, -0.15) is 4.98 Å². The number of imidazole rings is 1. The predicted octanol–water partition coefficient (Wildman–Crippen LogP) is 2.84. The molecule has 0 bridgehead atoms. The van der Waals surface area contributed by atoms with E-state index in [2.05, 4.69) is 15.3 Å². The first-order valence-corrected chi connectivity index (χ1v) is 5.82. The Labute approximate surface area is 112 Å². The SMILES string of the molecule is CNc1cn2ccnc2c(Oc2ccc(F)cc2F)n1. The Bertz CT molecular complexity index is 772. The van der Waals surface area contributed by atoms with E-state index >= 15 is 0 Å². The maximum atomic E-state index is 13.6. The highest BCUT2D eigenvalue weighted by atomic mass is 19.1. The molecule has 5 nitrogen and oxygen atoms in total. The van der Waals surface area contributed by atoms with Gasteiger partial charge in [-0.3, -0.25) is 4.40 Å². The number of hydrogen-bond donors (Lipinski definition) is 1. The van der Waals surface area contributed by atoms with Crippen LogP contribution in [0.3, 0.4) is 0 Å². The first-order valence-electron chi connectivity index (χ1n) is 5.82. The third-order valence-electron chi connectivity index (χ3n) is 2.70. The Balaban J connectivity index is 2.07. The summed E-state index contributed by atoms with van der Waals surface area (Å²) < 4.78 is 33.6. The van der Waals surface area contributed by atoms with Crippen molar-refractivity contribution in [2.24, 2.45) is 0 Å². The first-order chi connectivity index (χ1) is 9.67. The number of ether oxygens (including phenoxy) is 1. The summed E-state index contributed by atoms with van der Waals surface area (Å²) in [4.78, 5) is 8.26. The Hall–Kier alpha value is -2.70. The molecule has 2 heterocycles. The monoisotopic (exact) mass is 276 g/mol. The fraction of sp³-hybridized carbons (Fsp3) is 0.0769. The molecule has 3 aromatic rings. The van der Waals surface area contributed by atoms with E-state index < -0.39 is 11.6 Å². The smallest absolute Gasteiger partial charge is 0.265 e. The molecule has 0 unspecified atom stereocenters. The van der Waals surface area contributed by atoms with Crippen molar-refractivity contribution < 1.29 is 13.5 Å². The van der Waals surface area contributed by atoms with Crippen molar-refractivity contribution in [3.8, 4) is 11.6 Å². The standard InChI is InChI=1S/C13H10F2N4O/c1-16-11-7-19-5-4-17-12(19)13(18-11)20-10-3-2-8(14)6-9(10)15/h2-7,16H,1H3. The summed E-state index contributed by atoms with van der Waals surface area (Å²) in [7, 11) is 1.70. The highest BCUT2D eigenvalue weighted by Crippen LogP contribution is 2.27. The van der Waals surface area contributed by atoms with E-state index in [-0.39, 0.29) is 11.6 Å². The molecular formula is C13H10F2N4O. The van der Waals surface area contributed by atoms with Crippen LogP contribution in [0.25, 0.3) is 5.65 Å². The van der Waals surface area contributed by atoms with Gasteiger partial charge < -0.3 is 10.1 Å². The number of rotatable bonds is 3. The molecule has 0 fully saturated rings. The molecule has 0 radical (unpaired) electrons. The number of nitrogens with one attached hydrogen (secondary N) is 1. The van der Waals surface area contributed by atoms with Gasteiger partial charge in [0.2, 0.25) is 5.65 Å². The fourth-order valence-corrected chi connectivity index (χ4v) is 1.75. The summed E-state index contributed by atoms with van der Waals surface area (Å²) in [6.45, 7) is 0. The van der Waals surface area contributed by atoms with Gasteiger partial charge in [0.25, 0.3) is 5.88 Å². The van der Waals surface area contributed by atoms with E-state index in [1.54, 1.807) is 30.0 Å². The molecule has 0 aliphatic rings. The fourth-order valence-electron chi connectivity index (χ4n) is 1.75. The molecule has 0 saturated heterocycles. The van der Waals surface area contributed by atoms with Crippen LogP contribution >= 0.6 is 0 Å². The molecule has 0 saturated carbocycles. The molecule has 0 aliphatic heterocycles. The van der Waals surface area contributed by atoms with Crippen LogP contribution in [-0.2, 0) is 0 Å². The van der Waals surface area contributed by atoms with Crippen LogP contribution in [0, 0.1) is 11.6 Å². The highest BCUT2D eigenvalue weighted by Gasteiger charge is 2.12. The number of nitrogens with zero attached hydrogens (tertiary/aromatic N) is 3. The zero-order valence-electron chi connectivity index (χ0n) is 10.5. The minimum absolute atomic E-state index is 0.114. The Kier molecular flexibility index (Phi) is 2.94. The highest BCUT2D eigenvalue weighted by molar-refractivity contribution is 5.54. The molecule has 20 heavy (non-hydrogen) atoms. The first kappa shape index (κ1) is 12.3. The van der Waals surface area contributed by atoms with E-state index in [4.69, 9.17) is 4.74 Å². The number of anilines is 1. The van der Waals surface area contributed by atoms with Gasteiger partial charge in [-0.25, -0.2) is 13.8 Å². The molecular weight excluding hydrogens is 266 g/mol.